The molecule has 0 aromatic heterocycles. The van der Waals surface area contributed by atoms with E-state index >= 15 is 0 Å². The maximum atomic E-state index is 13.1. The first-order valence-corrected chi connectivity index (χ1v) is 10.7. The van der Waals surface area contributed by atoms with Crippen LogP contribution in [-0.2, 0) is 4.79 Å². The Labute approximate surface area is 169 Å². The van der Waals surface area contributed by atoms with Crippen LogP contribution in [0.15, 0.2) is 0 Å². The van der Waals surface area contributed by atoms with Crippen molar-refractivity contribution >= 4 is 18.4 Å². The van der Waals surface area contributed by atoms with Gasteiger partial charge >= 0.3 is 0 Å². The molecule has 0 spiro atoms. The van der Waals surface area contributed by atoms with E-state index in [1.54, 1.807) is 0 Å². The first kappa shape index (κ1) is 24.0. The zero-order valence-electron chi connectivity index (χ0n) is 19.4. The molecule has 0 aromatic carbocycles. The fourth-order valence-electron chi connectivity index (χ4n) is 5.00. The predicted molar refractivity (Wildman–Crippen MR) is 118 cm³/mol. The van der Waals surface area contributed by atoms with Gasteiger partial charge in [0.1, 0.15) is 0 Å². The highest BCUT2D eigenvalue weighted by molar-refractivity contribution is 7.82. The molecule has 1 atom stereocenters. The molecule has 0 radical (unpaired) electrons. The van der Waals surface area contributed by atoms with E-state index in [9.17, 15) is 4.79 Å². The molecule has 1 saturated carbocycles. The number of ketones is 1. The summed E-state index contributed by atoms with van der Waals surface area (Å²) in [5, 5.41) is 0. The predicted octanol–water partition coefficient (Wildman–Crippen LogP) is 6.24. The van der Waals surface area contributed by atoms with E-state index < -0.39 is 4.75 Å². The topological polar surface area (TPSA) is 20.3 Å². The number of carbonyl (C=O) groups excluding carboxylic acids is 1. The Morgan fingerprint density at radius 1 is 0.962 bits per heavy atom. The second-order valence-electron chi connectivity index (χ2n) is 12.0. The van der Waals surface area contributed by atoms with E-state index in [1.165, 1.54) is 19.3 Å². The van der Waals surface area contributed by atoms with E-state index in [2.05, 4.69) is 80.1 Å². The van der Waals surface area contributed by atoms with Gasteiger partial charge in [0.15, 0.2) is 5.78 Å². The van der Waals surface area contributed by atoms with E-state index in [0.717, 1.165) is 12.8 Å². The molecule has 1 unspecified atom stereocenters. The molecule has 0 N–H and O–H groups in total. The van der Waals surface area contributed by atoms with Crippen molar-refractivity contribution in [1.29, 1.82) is 0 Å². The summed E-state index contributed by atoms with van der Waals surface area (Å²) in [7, 11) is 4.46. The van der Waals surface area contributed by atoms with Crippen molar-refractivity contribution in [2.75, 3.05) is 14.1 Å². The van der Waals surface area contributed by atoms with Gasteiger partial charge in [-0.1, -0.05) is 48.5 Å². The van der Waals surface area contributed by atoms with Crippen molar-refractivity contribution in [3.8, 4) is 0 Å². The molecule has 0 heterocycles. The van der Waals surface area contributed by atoms with Gasteiger partial charge in [-0.3, -0.25) is 4.79 Å². The van der Waals surface area contributed by atoms with Gasteiger partial charge in [-0.2, -0.15) is 12.6 Å². The Balaban J connectivity index is 3.04. The zero-order valence-corrected chi connectivity index (χ0v) is 20.3. The third kappa shape index (κ3) is 5.07. The number of rotatable bonds is 6. The third-order valence-electron chi connectivity index (χ3n) is 7.36. The van der Waals surface area contributed by atoms with E-state index in [1.807, 2.05) is 13.8 Å². The first-order valence-electron chi connectivity index (χ1n) is 10.3. The van der Waals surface area contributed by atoms with Gasteiger partial charge in [-0.15, -0.1) is 0 Å². The molecule has 154 valence electrons. The SMILES string of the molecule is CN(C)C(CC(C)(C)C)C1(C)CCC(C)(C(C)(C)C(=O)C(C)(C)S)CC1. The van der Waals surface area contributed by atoms with Crippen molar-refractivity contribution in [3.63, 3.8) is 0 Å². The minimum atomic E-state index is -0.578. The average molecular weight is 384 g/mol. The highest BCUT2D eigenvalue weighted by Crippen LogP contribution is 2.57. The normalized spacial score (nSPS) is 29.7. The van der Waals surface area contributed by atoms with E-state index in [4.69, 9.17) is 0 Å². The number of carbonyl (C=O) groups is 1. The second-order valence-corrected chi connectivity index (χ2v) is 13.1. The monoisotopic (exact) mass is 383 g/mol. The molecule has 1 fully saturated rings. The number of Topliss-reactive ketones (excluding diaryl/α,β-unsaturated/α-hetero) is 1. The lowest BCUT2D eigenvalue weighted by molar-refractivity contribution is -0.139. The van der Waals surface area contributed by atoms with Gasteiger partial charge in [0.25, 0.3) is 0 Å². The smallest absolute Gasteiger partial charge is 0.154 e. The molecule has 0 aromatic rings. The lowest BCUT2D eigenvalue weighted by Gasteiger charge is -2.55. The van der Waals surface area contributed by atoms with Crippen molar-refractivity contribution < 1.29 is 4.79 Å². The van der Waals surface area contributed by atoms with Crippen molar-refractivity contribution in [1.82, 2.24) is 4.90 Å². The summed E-state index contributed by atoms with van der Waals surface area (Å²) in [4.78, 5) is 15.5. The lowest BCUT2D eigenvalue weighted by atomic mass is 9.51. The van der Waals surface area contributed by atoms with Crippen LogP contribution in [0.25, 0.3) is 0 Å². The Morgan fingerprint density at radius 2 is 1.38 bits per heavy atom. The number of hydrogen-bond acceptors (Lipinski definition) is 3. The Hall–Kier alpha value is -0.0200. The molecule has 2 nitrogen and oxygen atoms in total. The van der Waals surface area contributed by atoms with Crippen molar-refractivity contribution in [3.05, 3.63) is 0 Å². The summed E-state index contributed by atoms with van der Waals surface area (Å²) in [6.07, 6.45) is 5.80. The minimum absolute atomic E-state index is 0.0438. The summed E-state index contributed by atoms with van der Waals surface area (Å²) in [5.41, 5.74) is 0.329. The molecule has 1 aliphatic carbocycles. The van der Waals surface area contributed by atoms with Gasteiger partial charge in [0, 0.05) is 11.5 Å². The van der Waals surface area contributed by atoms with Crippen molar-refractivity contribution in [2.45, 2.75) is 105 Å². The maximum absolute atomic E-state index is 13.1. The summed E-state index contributed by atoms with van der Waals surface area (Å²) in [6.45, 7) is 20.0. The standard InChI is InChI=1S/C23H45NOS/c1-19(2,3)16-17(24(10)11)22(8)12-14-23(9,15-13-22)20(4,5)18(25)21(6,7)26/h17,26H,12-16H2,1-11H3. The summed E-state index contributed by atoms with van der Waals surface area (Å²) >= 11 is 4.58. The largest absolute Gasteiger partial charge is 0.306 e. The first-order chi connectivity index (χ1) is 11.4. The number of hydrogen-bond donors (Lipinski definition) is 1. The highest BCUT2D eigenvalue weighted by Gasteiger charge is 2.53. The summed E-state index contributed by atoms with van der Waals surface area (Å²) < 4.78 is -0.578. The molecule has 0 amide bonds. The molecule has 1 aliphatic rings. The third-order valence-corrected chi connectivity index (χ3v) is 7.56. The van der Waals surface area contributed by atoms with Gasteiger partial charge in [-0.05, 0) is 76.3 Å². The average Bonchev–Trinajstić information content (AvgIpc) is 2.45. The summed E-state index contributed by atoms with van der Waals surface area (Å²) in [6, 6.07) is 0.576. The van der Waals surface area contributed by atoms with Crippen LogP contribution in [0.3, 0.4) is 0 Å². The molecule has 1 rings (SSSR count). The van der Waals surface area contributed by atoms with Gasteiger partial charge in [0.05, 0.1) is 4.75 Å². The fraction of sp³-hybridized carbons (Fsp3) is 0.957. The molecular weight excluding hydrogens is 338 g/mol. The maximum Gasteiger partial charge on any atom is 0.154 e. The quantitative estimate of drug-likeness (QED) is 0.548. The van der Waals surface area contributed by atoms with E-state index in [-0.39, 0.29) is 16.6 Å². The van der Waals surface area contributed by atoms with Crippen LogP contribution in [0.2, 0.25) is 0 Å². The molecule has 0 saturated heterocycles. The van der Waals surface area contributed by atoms with Gasteiger partial charge < -0.3 is 4.90 Å². The van der Waals surface area contributed by atoms with Crippen LogP contribution in [-0.4, -0.2) is 35.6 Å². The van der Waals surface area contributed by atoms with Crippen LogP contribution < -0.4 is 0 Å². The summed E-state index contributed by atoms with van der Waals surface area (Å²) in [5.74, 6) is 0.276. The van der Waals surface area contributed by atoms with Crippen LogP contribution in [0.1, 0.15) is 94.4 Å². The van der Waals surface area contributed by atoms with Crippen molar-refractivity contribution in [2.24, 2.45) is 21.7 Å². The van der Waals surface area contributed by atoms with Crippen LogP contribution >= 0.6 is 12.6 Å². The highest BCUT2D eigenvalue weighted by atomic mass is 32.1. The fourth-order valence-corrected chi connectivity index (χ4v) is 5.28. The minimum Gasteiger partial charge on any atom is -0.306 e. The lowest BCUT2D eigenvalue weighted by Crippen LogP contribution is -2.53. The van der Waals surface area contributed by atoms with Crippen LogP contribution in [0.4, 0.5) is 0 Å². The Kier molecular flexibility index (Phi) is 6.86. The number of thiol groups is 1. The Bertz CT molecular complexity index is 499. The molecule has 3 heteroatoms. The van der Waals surface area contributed by atoms with Crippen LogP contribution in [0, 0.1) is 21.7 Å². The Morgan fingerprint density at radius 3 is 1.69 bits per heavy atom. The second kappa shape index (κ2) is 7.43. The zero-order chi connectivity index (χ0) is 20.8. The van der Waals surface area contributed by atoms with Gasteiger partial charge in [0.2, 0.25) is 0 Å². The van der Waals surface area contributed by atoms with E-state index in [0.29, 0.717) is 16.9 Å². The van der Waals surface area contributed by atoms with Crippen LogP contribution in [0.5, 0.6) is 0 Å². The van der Waals surface area contributed by atoms with Gasteiger partial charge in [-0.25, -0.2) is 0 Å². The molecule has 26 heavy (non-hydrogen) atoms. The molecule has 0 bridgehead atoms. The number of nitrogens with zero attached hydrogens (tertiary/aromatic N) is 1. The molecular formula is C23H45NOS. The molecule has 0 aliphatic heterocycles.